The van der Waals surface area contributed by atoms with Crippen molar-refractivity contribution in [2.45, 2.75) is 12.8 Å². The average molecular weight is 259 g/mol. The lowest BCUT2D eigenvalue weighted by molar-refractivity contribution is 0.185. The van der Waals surface area contributed by atoms with Crippen molar-refractivity contribution in [1.29, 1.82) is 0 Å². The molecule has 1 aromatic heterocycles. The van der Waals surface area contributed by atoms with Crippen molar-refractivity contribution < 1.29 is 9.26 Å². The molecule has 1 unspecified atom stereocenters. The highest BCUT2D eigenvalue weighted by Crippen LogP contribution is 2.26. The molecule has 1 atom stereocenters. The number of anilines is 1. The molecule has 0 spiro atoms. The van der Waals surface area contributed by atoms with Crippen LogP contribution in [0.3, 0.4) is 0 Å². The van der Waals surface area contributed by atoms with Gasteiger partial charge in [0.2, 0.25) is 0 Å². The monoisotopic (exact) mass is 259 g/mol. The van der Waals surface area contributed by atoms with Crippen molar-refractivity contribution in [3.05, 3.63) is 30.1 Å². The number of benzene rings is 1. The summed E-state index contributed by atoms with van der Waals surface area (Å²) in [4.78, 5) is 4.48. The molecule has 2 heterocycles. The number of ether oxygens (including phenoxy) is 1. The minimum absolute atomic E-state index is 0.519. The topological polar surface area (TPSA) is 60.2 Å². The molecule has 0 radical (unpaired) electrons. The number of aromatic nitrogens is 2. The van der Waals surface area contributed by atoms with Crippen molar-refractivity contribution in [2.75, 3.05) is 25.6 Å². The summed E-state index contributed by atoms with van der Waals surface area (Å²) in [7, 11) is 1.88. The van der Waals surface area contributed by atoms with Crippen LogP contribution in [0.1, 0.15) is 12.2 Å². The van der Waals surface area contributed by atoms with Gasteiger partial charge in [-0.15, -0.1) is 0 Å². The number of para-hydroxylation sites is 1. The first kappa shape index (κ1) is 12.2. The highest BCUT2D eigenvalue weighted by molar-refractivity contribution is 5.71. The van der Waals surface area contributed by atoms with Crippen LogP contribution in [-0.2, 0) is 11.2 Å². The smallest absolute Gasteiger partial charge is 0.260 e. The molecule has 0 saturated carbocycles. The second kappa shape index (κ2) is 5.40. The Morgan fingerprint density at radius 3 is 3.05 bits per heavy atom. The van der Waals surface area contributed by atoms with E-state index in [1.165, 1.54) is 0 Å². The van der Waals surface area contributed by atoms with Gasteiger partial charge >= 0.3 is 0 Å². The minimum Gasteiger partial charge on any atom is -0.387 e. The molecule has 1 aromatic carbocycles. The summed E-state index contributed by atoms with van der Waals surface area (Å²) >= 11 is 0. The van der Waals surface area contributed by atoms with E-state index in [9.17, 15) is 0 Å². The van der Waals surface area contributed by atoms with Gasteiger partial charge in [-0.25, -0.2) is 0 Å². The molecule has 19 heavy (non-hydrogen) atoms. The molecule has 3 rings (SSSR count). The summed E-state index contributed by atoms with van der Waals surface area (Å²) in [5.74, 6) is 1.85. The van der Waals surface area contributed by atoms with E-state index in [1.807, 2.05) is 31.3 Å². The first-order valence-electron chi connectivity index (χ1n) is 6.54. The van der Waals surface area contributed by atoms with Crippen LogP contribution in [0.5, 0.6) is 0 Å². The van der Waals surface area contributed by atoms with Crippen LogP contribution in [-0.4, -0.2) is 30.4 Å². The van der Waals surface area contributed by atoms with Crippen LogP contribution < -0.4 is 5.32 Å². The third-order valence-electron chi connectivity index (χ3n) is 3.39. The predicted molar refractivity (Wildman–Crippen MR) is 71.9 cm³/mol. The second-order valence-electron chi connectivity index (χ2n) is 4.75. The minimum atomic E-state index is 0.519. The number of nitrogens with zero attached hydrogens (tertiary/aromatic N) is 2. The first-order chi connectivity index (χ1) is 9.36. The van der Waals surface area contributed by atoms with E-state index < -0.39 is 0 Å². The summed E-state index contributed by atoms with van der Waals surface area (Å²) in [6.45, 7) is 1.65. The molecule has 5 nitrogen and oxygen atoms in total. The van der Waals surface area contributed by atoms with E-state index >= 15 is 0 Å². The maximum atomic E-state index is 5.36. The van der Waals surface area contributed by atoms with Crippen LogP contribution in [0.25, 0.3) is 11.5 Å². The van der Waals surface area contributed by atoms with Gasteiger partial charge in [0.1, 0.15) is 0 Å². The summed E-state index contributed by atoms with van der Waals surface area (Å²) < 4.78 is 10.7. The van der Waals surface area contributed by atoms with Crippen LogP contribution in [0.15, 0.2) is 28.8 Å². The van der Waals surface area contributed by atoms with Crippen molar-refractivity contribution in [3.63, 3.8) is 0 Å². The van der Waals surface area contributed by atoms with Gasteiger partial charge in [0.05, 0.1) is 5.56 Å². The molecule has 2 aromatic rings. The Morgan fingerprint density at radius 1 is 1.37 bits per heavy atom. The SMILES string of the molecule is CNc1ccccc1-c1nc(CC2CCOC2)no1. The van der Waals surface area contributed by atoms with Crippen LogP contribution >= 0.6 is 0 Å². The van der Waals surface area contributed by atoms with E-state index in [1.54, 1.807) is 0 Å². The second-order valence-corrected chi connectivity index (χ2v) is 4.75. The van der Waals surface area contributed by atoms with Gasteiger partial charge < -0.3 is 14.6 Å². The fourth-order valence-electron chi connectivity index (χ4n) is 2.34. The molecule has 1 aliphatic rings. The van der Waals surface area contributed by atoms with Crippen LogP contribution in [0, 0.1) is 5.92 Å². The number of nitrogens with one attached hydrogen (secondary N) is 1. The largest absolute Gasteiger partial charge is 0.387 e. The van der Waals surface area contributed by atoms with E-state index in [0.29, 0.717) is 11.8 Å². The average Bonchev–Trinajstić information content (AvgIpc) is 3.11. The predicted octanol–water partition coefficient (Wildman–Crippen LogP) is 2.36. The van der Waals surface area contributed by atoms with E-state index in [4.69, 9.17) is 9.26 Å². The zero-order valence-corrected chi connectivity index (χ0v) is 10.9. The Balaban J connectivity index is 1.80. The lowest BCUT2D eigenvalue weighted by atomic mass is 10.1. The zero-order valence-electron chi connectivity index (χ0n) is 10.9. The molecule has 1 saturated heterocycles. The lowest BCUT2D eigenvalue weighted by Gasteiger charge is -2.03. The highest BCUT2D eigenvalue weighted by atomic mass is 16.5. The molecule has 0 amide bonds. The molecule has 0 bridgehead atoms. The van der Waals surface area contributed by atoms with Gasteiger partial charge in [0.25, 0.3) is 5.89 Å². The quantitative estimate of drug-likeness (QED) is 0.913. The number of hydrogen-bond donors (Lipinski definition) is 1. The van der Waals surface area contributed by atoms with Gasteiger partial charge in [-0.1, -0.05) is 17.3 Å². The lowest BCUT2D eigenvalue weighted by Crippen LogP contribution is -2.04. The van der Waals surface area contributed by atoms with Gasteiger partial charge in [0, 0.05) is 32.4 Å². The van der Waals surface area contributed by atoms with Crippen LogP contribution in [0.2, 0.25) is 0 Å². The number of hydrogen-bond acceptors (Lipinski definition) is 5. The summed E-state index contributed by atoms with van der Waals surface area (Å²) in [5, 5.41) is 7.19. The summed E-state index contributed by atoms with van der Waals surface area (Å²) in [5.41, 5.74) is 1.92. The fraction of sp³-hybridized carbons (Fsp3) is 0.429. The summed E-state index contributed by atoms with van der Waals surface area (Å²) in [6, 6.07) is 7.90. The standard InChI is InChI=1S/C14H17N3O2/c1-15-12-5-3-2-4-11(12)14-16-13(17-19-14)8-10-6-7-18-9-10/h2-5,10,15H,6-9H2,1H3. The zero-order chi connectivity index (χ0) is 13.1. The normalized spacial score (nSPS) is 18.7. The Kier molecular flexibility index (Phi) is 3.46. The molecule has 5 heteroatoms. The third kappa shape index (κ3) is 2.61. The number of rotatable bonds is 4. The van der Waals surface area contributed by atoms with Crippen molar-refractivity contribution in [3.8, 4) is 11.5 Å². The van der Waals surface area contributed by atoms with Gasteiger partial charge in [-0.2, -0.15) is 4.98 Å². The Labute approximate surface area is 112 Å². The van der Waals surface area contributed by atoms with Crippen molar-refractivity contribution >= 4 is 5.69 Å². The molecule has 100 valence electrons. The first-order valence-corrected chi connectivity index (χ1v) is 6.54. The van der Waals surface area contributed by atoms with Crippen molar-refractivity contribution in [2.24, 2.45) is 5.92 Å². The summed E-state index contributed by atoms with van der Waals surface area (Å²) in [6.07, 6.45) is 1.90. The maximum Gasteiger partial charge on any atom is 0.260 e. The van der Waals surface area contributed by atoms with Crippen molar-refractivity contribution in [1.82, 2.24) is 10.1 Å². The van der Waals surface area contributed by atoms with Gasteiger partial charge in [-0.3, -0.25) is 0 Å². The van der Waals surface area contributed by atoms with Crippen LogP contribution in [0.4, 0.5) is 5.69 Å². The van der Waals surface area contributed by atoms with E-state index in [2.05, 4.69) is 15.5 Å². The molecular weight excluding hydrogens is 242 g/mol. The molecule has 1 aliphatic heterocycles. The molecular formula is C14H17N3O2. The van der Waals surface area contributed by atoms with Gasteiger partial charge in [-0.05, 0) is 24.5 Å². The molecule has 0 aliphatic carbocycles. The Hall–Kier alpha value is -1.88. The third-order valence-corrected chi connectivity index (χ3v) is 3.39. The van der Waals surface area contributed by atoms with E-state index in [0.717, 1.165) is 43.1 Å². The fourth-order valence-corrected chi connectivity index (χ4v) is 2.34. The van der Waals surface area contributed by atoms with E-state index in [-0.39, 0.29) is 0 Å². The molecule has 1 fully saturated rings. The Morgan fingerprint density at radius 2 is 2.26 bits per heavy atom. The molecule has 1 N–H and O–H groups in total. The maximum absolute atomic E-state index is 5.36. The highest BCUT2D eigenvalue weighted by Gasteiger charge is 2.20. The Bertz CT molecular complexity index is 547. The van der Waals surface area contributed by atoms with Gasteiger partial charge in [0.15, 0.2) is 5.82 Å².